The monoisotopic (exact) mass is 1290 g/mol. The Kier molecular flexibility index (Phi) is 60.9. The predicted octanol–water partition coefficient (Wildman–Crippen LogP) is 27.8. The minimum atomic E-state index is -2.14. The van der Waals surface area contributed by atoms with Crippen LogP contribution < -0.4 is 5.32 Å². The second-order valence-corrected chi connectivity index (χ2v) is 40.5. The minimum Gasteiger partial charge on any atom is -0.466 e. The lowest BCUT2D eigenvalue weighted by molar-refractivity contribution is -0.143. The van der Waals surface area contributed by atoms with Crippen LogP contribution in [0.3, 0.4) is 0 Å². The van der Waals surface area contributed by atoms with Gasteiger partial charge in [-0.05, 0) is 126 Å². The summed E-state index contributed by atoms with van der Waals surface area (Å²) in [4.78, 5) is 25.8. The van der Waals surface area contributed by atoms with Gasteiger partial charge in [0.05, 0.1) is 25.4 Å². The van der Waals surface area contributed by atoms with E-state index in [9.17, 15) is 9.59 Å². The summed E-state index contributed by atoms with van der Waals surface area (Å²) < 4.78 is 19.5. The summed E-state index contributed by atoms with van der Waals surface area (Å²) in [5, 5.41) is 3.66. The minimum absolute atomic E-state index is 0.00179. The normalized spacial score (nSPS) is 13.5. The molecule has 6 nitrogen and oxygen atoms in total. The highest BCUT2D eigenvalue weighted by Gasteiger charge is 2.42. The number of rotatable bonds is 67. The molecule has 0 bridgehead atoms. The van der Waals surface area contributed by atoms with Crippen molar-refractivity contribution >= 4 is 28.5 Å². The van der Waals surface area contributed by atoms with Gasteiger partial charge in [0.25, 0.3) is 0 Å². The second-order valence-electron chi connectivity index (χ2n) is 30.9. The van der Waals surface area contributed by atoms with Crippen LogP contribution in [0.25, 0.3) is 0 Å². The molecule has 1 N–H and O–H groups in total. The van der Waals surface area contributed by atoms with Gasteiger partial charge in [-0.1, -0.05) is 348 Å². The third-order valence-corrected chi connectivity index (χ3v) is 29.0. The highest BCUT2D eigenvalue weighted by molar-refractivity contribution is 6.74. The molecule has 0 heterocycles. The molecule has 0 aromatic carbocycles. The van der Waals surface area contributed by atoms with Gasteiger partial charge in [-0.25, -0.2) is 0 Å². The van der Waals surface area contributed by atoms with Crippen LogP contribution >= 0.6 is 0 Å². The van der Waals surface area contributed by atoms with Gasteiger partial charge in [0, 0.05) is 12.8 Å². The van der Waals surface area contributed by atoms with Crippen molar-refractivity contribution in [2.75, 3.05) is 13.2 Å². The van der Waals surface area contributed by atoms with E-state index >= 15 is 0 Å². The third-order valence-electron chi connectivity index (χ3n) is 20.0. The number of esters is 1. The zero-order valence-corrected chi connectivity index (χ0v) is 64.9. The first-order valence-corrected chi connectivity index (χ1v) is 45.6. The Morgan fingerprint density at radius 2 is 0.667 bits per heavy atom. The lowest BCUT2D eigenvalue weighted by Crippen LogP contribution is -2.54. The molecule has 0 saturated heterocycles. The van der Waals surface area contributed by atoms with E-state index in [1.807, 2.05) is 0 Å². The Morgan fingerprint density at radius 1 is 0.367 bits per heavy atom. The van der Waals surface area contributed by atoms with Crippen LogP contribution in [0.5, 0.6) is 0 Å². The Balaban J connectivity index is 3.98. The van der Waals surface area contributed by atoms with E-state index < -0.39 is 16.6 Å². The molecule has 8 heteroatoms. The van der Waals surface area contributed by atoms with Crippen LogP contribution in [0, 0.1) is 0 Å². The summed E-state index contributed by atoms with van der Waals surface area (Å²) in [7, 11) is -4.18. The van der Waals surface area contributed by atoms with Crippen molar-refractivity contribution in [1.29, 1.82) is 0 Å². The van der Waals surface area contributed by atoms with Gasteiger partial charge in [0.1, 0.15) is 0 Å². The molecule has 0 aliphatic heterocycles. The summed E-state index contributed by atoms with van der Waals surface area (Å²) >= 11 is 0. The van der Waals surface area contributed by atoms with E-state index in [4.69, 9.17) is 13.6 Å². The molecule has 0 unspecified atom stereocenters. The predicted molar refractivity (Wildman–Crippen MR) is 405 cm³/mol. The number of hydrogen-bond acceptors (Lipinski definition) is 5. The molecular formula is C82H159NO5Si2. The van der Waals surface area contributed by atoms with Crippen molar-refractivity contribution in [3.8, 4) is 0 Å². The molecule has 0 aliphatic carbocycles. The topological polar surface area (TPSA) is 73.9 Å². The van der Waals surface area contributed by atoms with Crippen LogP contribution in [0.1, 0.15) is 402 Å². The number of carbonyl (C=O) groups is 2. The molecule has 0 radical (unpaired) electrons. The molecule has 1 amide bonds. The maximum atomic E-state index is 13.7. The fraction of sp³-hybridized carbons (Fsp3) is 0.878. The lowest BCUT2D eigenvalue weighted by Gasteiger charge is -2.42. The molecule has 0 fully saturated rings. The van der Waals surface area contributed by atoms with E-state index in [2.05, 4.69) is 136 Å². The summed E-state index contributed by atoms with van der Waals surface area (Å²) in [5.74, 6) is 0.150. The molecule has 2 atom stereocenters. The average Bonchev–Trinajstić information content (AvgIpc) is 3.66. The maximum Gasteiger partial charge on any atom is 0.305 e. The van der Waals surface area contributed by atoms with E-state index in [1.165, 1.54) is 289 Å². The number of hydrogen-bond donors (Lipinski definition) is 1. The quantitative estimate of drug-likeness (QED) is 0.0284. The maximum absolute atomic E-state index is 13.7. The van der Waals surface area contributed by atoms with E-state index in [0.29, 0.717) is 26.1 Å². The van der Waals surface area contributed by atoms with Crippen molar-refractivity contribution in [3.05, 3.63) is 48.6 Å². The fourth-order valence-corrected chi connectivity index (χ4v) is 13.8. The molecule has 0 spiro atoms. The molecule has 0 aromatic heterocycles. The van der Waals surface area contributed by atoms with Crippen LogP contribution in [-0.2, 0) is 23.2 Å². The average molecular weight is 1300 g/mol. The van der Waals surface area contributed by atoms with Crippen LogP contribution in [0.2, 0.25) is 36.3 Å². The summed E-state index contributed by atoms with van der Waals surface area (Å²) in [6.45, 7) is 28.8. The van der Waals surface area contributed by atoms with Gasteiger partial charge in [-0.15, -0.1) is 0 Å². The SMILES string of the molecule is CCCCC/C=C\C/C=C\CCCCCCCC(=O)OCCCCCCCC/C=C/CCCCCCCCCCCCCCCCCCCCCCCC(=O)N[C@@H](CO[Si](C)(C)C(C)(C)C)[C@@H](/C=C/CCCCCCCCCCCCC)O[Si](C)(C)C(C)(C)C. The van der Waals surface area contributed by atoms with Gasteiger partial charge in [-0.2, -0.15) is 0 Å². The Labute approximate surface area is 566 Å². The summed E-state index contributed by atoms with van der Waals surface area (Å²) in [6, 6.07) is -0.201. The number of nitrogens with one attached hydrogen (secondary N) is 1. The third kappa shape index (κ3) is 57.7. The van der Waals surface area contributed by atoms with Crippen molar-refractivity contribution < 1.29 is 23.2 Å². The summed E-state index contributed by atoms with van der Waals surface area (Å²) in [6.07, 6.45) is 87.3. The van der Waals surface area contributed by atoms with Gasteiger partial charge in [0.2, 0.25) is 5.91 Å². The van der Waals surface area contributed by atoms with E-state index in [-0.39, 0.29) is 34.1 Å². The van der Waals surface area contributed by atoms with Crippen LogP contribution in [-0.4, -0.2) is 53.9 Å². The number of carbonyl (C=O) groups excluding carboxylic acids is 2. The Hall–Kier alpha value is -1.75. The highest BCUT2D eigenvalue weighted by atomic mass is 28.4. The zero-order chi connectivity index (χ0) is 66.4. The fourth-order valence-electron chi connectivity index (χ4n) is 11.5. The van der Waals surface area contributed by atoms with Crippen molar-refractivity contribution in [2.24, 2.45) is 0 Å². The van der Waals surface area contributed by atoms with Gasteiger partial charge in [-0.3, -0.25) is 9.59 Å². The first-order valence-electron chi connectivity index (χ1n) is 39.8. The Bertz CT molecular complexity index is 1690. The largest absolute Gasteiger partial charge is 0.466 e. The number of allylic oxidation sites excluding steroid dienone is 7. The molecule has 530 valence electrons. The number of amides is 1. The zero-order valence-electron chi connectivity index (χ0n) is 62.9. The van der Waals surface area contributed by atoms with Gasteiger partial charge >= 0.3 is 5.97 Å². The van der Waals surface area contributed by atoms with Crippen LogP contribution in [0.15, 0.2) is 48.6 Å². The van der Waals surface area contributed by atoms with Gasteiger partial charge in [0.15, 0.2) is 16.6 Å². The molecule has 0 aliphatic rings. The molecular weight excluding hydrogens is 1140 g/mol. The molecule has 90 heavy (non-hydrogen) atoms. The smallest absolute Gasteiger partial charge is 0.305 e. The Morgan fingerprint density at radius 3 is 1.04 bits per heavy atom. The first-order chi connectivity index (χ1) is 43.4. The second kappa shape index (κ2) is 62.1. The first kappa shape index (κ1) is 88.3. The lowest BCUT2D eigenvalue weighted by atomic mass is 10.0. The summed E-state index contributed by atoms with van der Waals surface area (Å²) in [5.41, 5.74) is 0. The molecule has 0 saturated carbocycles. The van der Waals surface area contributed by atoms with Gasteiger partial charge < -0.3 is 18.9 Å². The van der Waals surface area contributed by atoms with E-state index in [1.54, 1.807) is 0 Å². The number of ether oxygens (including phenoxy) is 1. The van der Waals surface area contributed by atoms with E-state index in [0.717, 1.165) is 44.9 Å². The van der Waals surface area contributed by atoms with Crippen LogP contribution in [0.4, 0.5) is 0 Å². The standard InChI is InChI=1S/C82H159NO5Si2/c1-13-15-17-19-21-23-25-27-45-50-54-58-62-66-70-74-80(85)86-75-71-67-63-59-55-51-47-44-42-40-38-36-34-32-30-28-29-31-33-35-37-39-41-43-46-49-53-57-61-65-69-73-79(84)83-77(76-87-89(9,10)81(3,4)5)78(88-90(11,12)82(6,7)8)72-68-64-60-56-52-48-26-24-22-20-18-16-14-2/h21,23,27,42,44-45,68,72,77-78H,13-20,22,24-26,28-41,43,46-67,69-71,73-76H2,1-12H3,(H,83,84)/b23-21-,44-42+,45-27-,72-68+/t77-,78+/m0/s1. The van der Waals surface area contributed by atoms with Crippen molar-refractivity contribution in [2.45, 2.75) is 451 Å². The molecule has 0 rings (SSSR count). The van der Waals surface area contributed by atoms with Crippen molar-refractivity contribution in [1.82, 2.24) is 5.32 Å². The molecule has 0 aromatic rings. The highest BCUT2D eigenvalue weighted by Crippen LogP contribution is 2.39. The van der Waals surface area contributed by atoms with Crippen molar-refractivity contribution in [3.63, 3.8) is 0 Å². The number of unbranched alkanes of at least 4 members (excludes halogenated alkanes) is 46.